The van der Waals surface area contributed by atoms with E-state index < -0.39 is 35.5 Å². The van der Waals surface area contributed by atoms with Crippen molar-refractivity contribution in [1.29, 1.82) is 0 Å². The summed E-state index contributed by atoms with van der Waals surface area (Å²) in [5, 5.41) is 15.1. The highest BCUT2D eigenvalue weighted by atomic mass is 16.5. The second kappa shape index (κ2) is 10.9. The van der Waals surface area contributed by atoms with Gasteiger partial charge >= 0.3 is 12.1 Å². The molecule has 0 spiro atoms. The number of carboxylic acid groups (broad SMARTS) is 1. The molecule has 3 N–H and O–H groups in total. The second-order valence-electron chi connectivity index (χ2n) is 9.90. The minimum Gasteiger partial charge on any atom is -0.480 e. The number of aliphatic carboxylic acids is 1. The molecule has 2 aromatic rings. The van der Waals surface area contributed by atoms with Crippen LogP contribution in [0.3, 0.4) is 0 Å². The fourth-order valence-electron chi connectivity index (χ4n) is 5.10. The fourth-order valence-corrected chi connectivity index (χ4v) is 5.10. The molecule has 2 aromatic carbocycles. The first kappa shape index (κ1) is 26.3. The minimum atomic E-state index is -1.36. The number of ether oxygens (including phenoxy) is 1. The maximum absolute atomic E-state index is 13.1. The summed E-state index contributed by atoms with van der Waals surface area (Å²) in [5.74, 6) is -2.28. The molecule has 0 fully saturated rings. The van der Waals surface area contributed by atoms with E-state index >= 15 is 0 Å². The summed E-state index contributed by atoms with van der Waals surface area (Å²) in [5.41, 5.74) is 3.18. The summed E-state index contributed by atoms with van der Waals surface area (Å²) >= 11 is 0. The van der Waals surface area contributed by atoms with Crippen LogP contribution in [0.25, 0.3) is 11.1 Å². The highest BCUT2D eigenvalue weighted by Crippen LogP contribution is 2.44. The van der Waals surface area contributed by atoms with E-state index in [9.17, 15) is 19.5 Å². The third-order valence-electron chi connectivity index (χ3n) is 6.87. The van der Waals surface area contributed by atoms with Crippen molar-refractivity contribution < 1.29 is 24.2 Å². The van der Waals surface area contributed by atoms with Crippen molar-refractivity contribution in [2.24, 2.45) is 11.8 Å². The Balaban J connectivity index is 1.66. The van der Waals surface area contributed by atoms with Gasteiger partial charge in [-0.25, -0.2) is 9.59 Å². The normalized spacial score (nSPS) is 15.9. The van der Waals surface area contributed by atoms with Crippen molar-refractivity contribution in [1.82, 2.24) is 10.6 Å². The molecule has 0 aliphatic heterocycles. The van der Waals surface area contributed by atoms with Crippen LogP contribution in [0.4, 0.5) is 4.79 Å². The average molecular weight is 481 g/mol. The molecule has 7 heteroatoms. The van der Waals surface area contributed by atoms with Crippen molar-refractivity contribution in [3.63, 3.8) is 0 Å². The number of fused-ring (bicyclic) bond motifs is 3. The van der Waals surface area contributed by atoms with Gasteiger partial charge in [0.15, 0.2) is 0 Å². The number of carbonyl (C=O) groups is 3. The quantitative estimate of drug-likeness (QED) is 0.447. The molecule has 1 aliphatic carbocycles. The molecule has 3 rings (SSSR count). The fraction of sp³-hybridized carbons (Fsp3) is 0.464. The molecule has 0 aromatic heterocycles. The maximum Gasteiger partial charge on any atom is 0.407 e. The number of carboxylic acids is 1. The smallest absolute Gasteiger partial charge is 0.407 e. The third-order valence-corrected chi connectivity index (χ3v) is 6.87. The molecule has 3 unspecified atom stereocenters. The van der Waals surface area contributed by atoms with Gasteiger partial charge < -0.3 is 20.5 Å². The Morgan fingerprint density at radius 1 is 1.00 bits per heavy atom. The zero-order chi connectivity index (χ0) is 25.8. The molecule has 0 bridgehead atoms. The summed E-state index contributed by atoms with van der Waals surface area (Å²) in [6.07, 6.45) is 0.322. The lowest BCUT2D eigenvalue weighted by atomic mass is 9.86. The lowest BCUT2D eigenvalue weighted by molar-refractivity contribution is -0.148. The first-order valence-corrected chi connectivity index (χ1v) is 12.3. The van der Waals surface area contributed by atoms with Crippen molar-refractivity contribution in [2.75, 3.05) is 6.61 Å². The van der Waals surface area contributed by atoms with E-state index in [-0.39, 0.29) is 18.4 Å². The van der Waals surface area contributed by atoms with Crippen LogP contribution in [0.15, 0.2) is 48.5 Å². The number of amides is 2. The SMILES string of the molecule is CCCC(C)(NC(=O)C(C(C)C)C(C)NC(=O)OCC1c2ccccc2-c2ccccc21)C(=O)O. The van der Waals surface area contributed by atoms with Gasteiger partial charge in [-0.2, -0.15) is 0 Å². The van der Waals surface area contributed by atoms with Crippen molar-refractivity contribution in [3.05, 3.63) is 59.7 Å². The third kappa shape index (κ3) is 5.66. The first-order valence-electron chi connectivity index (χ1n) is 12.3. The van der Waals surface area contributed by atoms with Crippen LogP contribution < -0.4 is 10.6 Å². The van der Waals surface area contributed by atoms with Crippen molar-refractivity contribution >= 4 is 18.0 Å². The standard InChI is InChI=1S/C28H36N2O5/c1-6-15-28(5,26(32)33)30-25(31)24(17(2)3)18(4)29-27(34)35-16-23-21-13-9-7-11-19(21)20-12-8-10-14-22(20)23/h7-14,17-18,23-24H,6,15-16H2,1-5H3,(H,29,34)(H,30,31)(H,32,33). The molecular weight excluding hydrogens is 444 g/mol. The number of carbonyl (C=O) groups excluding carboxylic acids is 2. The van der Waals surface area contributed by atoms with Crippen LogP contribution >= 0.6 is 0 Å². The number of nitrogens with one attached hydrogen (secondary N) is 2. The molecule has 0 saturated heterocycles. The Hall–Kier alpha value is -3.35. The van der Waals surface area contributed by atoms with Gasteiger partial charge in [-0.3, -0.25) is 4.79 Å². The second-order valence-corrected chi connectivity index (χ2v) is 9.90. The number of hydrogen-bond donors (Lipinski definition) is 3. The average Bonchev–Trinajstić information content (AvgIpc) is 3.11. The van der Waals surface area contributed by atoms with E-state index in [2.05, 4.69) is 34.9 Å². The number of rotatable bonds is 10. The van der Waals surface area contributed by atoms with Gasteiger partial charge in [0.1, 0.15) is 12.1 Å². The maximum atomic E-state index is 13.1. The van der Waals surface area contributed by atoms with Gasteiger partial charge in [-0.1, -0.05) is 75.7 Å². The molecule has 0 heterocycles. The van der Waals surface area contributed by atoms with E-state index in [4.69, 9.17) is 4.74 Å². The zero-order valence-electron chi connectivity index (χ0n) is 21.1. The van der Waals surface area contributed by atoms with E-state index in [0.717, 1.165) is 22.3 Å². The minimum absolute atomic E-state index is 0.0574. The predicted molar refractivity (Wildman–Crippen MR) is 135 cm³/mol. The molecule has 35 heavy (non-hydrogen) atoms. The lowest BCUT2D eigenvalue weighted by Crippen LogP contribution is -2.57. The number of benzene rings is 2. The Bertz CT molecular complexity index is 1040. The van der Waals surface area contributed by atoms with Crippen LogP contribution in [0, 0.1) is 11.8 Å². The van der Waals surface area contributed by atoms with Crippen molar-refractivity contribution in [3.8, 4) is 11.1 Å². The lowest BCUT2D eigenvalue weighted by Gasteiger charge is -2.32. The monoisotopic (exact) mass is 480 g/mol. The summed E-state index contributed by atoms with van der Waals surface area (Å²) in [7, 11) is 0. The molecule has 0 saturated carbocycles. The van der Waals surface area contributed by atoms with Gasteiger partial charge in [-0.05, 0) is 48.4 Å². The Kier molecular flexibility index (Phi) is 8.20. The molecule has 0 radical (unpaired) electrons. The largest absolute Gasteiger partial charge is 0.480 e. The Morgan fingerprint density at radius 3 is 2.03 bits per heavy atom. The summed E-state index contributed by atoms with van der Waals surface area (Å²) in [6, 6.07) is 15.7. The van der Waals surface area contributed by atoms with Gasteiger partial charge in [0.05, 0.1) is 5.92 Å². The highest BCUT2D eigenvalue weighted by Gasteiger charge is 2.38. The highest BCUT2D eigenvalue weighted by molar-refractivity contribution is 5.88. The molecule has 1 aliphatic rings. The van der Waals surface area contributed by atoms with E-state index in [1.165, 1.54) is 6.92 Å². The Labute approximate surface area is 207 Å². The van der Waals surface area contributed by atoms with E-state index in [1.807, 2.05) is 45.0 Å². The number of alkyl carbamates (subject to hydrolysis) is 1. The van der Waals surface area contributed by atoms with Gasteiger partial charge in [0, 0.05) is 12.0 Å². The molecule has 3 atom stereocenters. The molecule has 188 valence electrons. The van der Waals surface area contributed by atoms with Crippen LogP contribution in [0.2, 0.25) is 0 Å². The summed E-state index contributed by atoms with van der Waals surface area (Å²) in [6.45, 7) is 9.05. The van der Waals surface area contributed by atoms with Crippen LogP contribution in [-0.4, -0.2) is 41.3 Å². The predicted octanol–water partition coefficient (Wildman–Crippen LogP) is 4.95. The van der Waals surface area contributed by atoms with Crippen LogP contribution in [0.1, 0.15) is 64.5 Å². The summed E-state index contributed by atoms with van der Waals surface area (Å²) < 4.78 is 5.62. The van der Waals surface area contributed by atoms with Crippen LogP contribution in [-0.2, 0) is 14.3 Å². The van der Waals surface area contributed by atoms with Gasteiger partial charge in [-0.15, -0.1) is 0 Å². The van der Waals surface area contributed by atoms with Crippen LogP contribution in [0.5, 0.6) is 0 Å². The van der Waals surface area contributed by atoms with E-state index in [0.29, 0.717) is 12.8 Å². The van der Waals surface area contributed by atoms with Gasteiger partial charge in [0.25, 0.3) is 0 Å². The number of hydrogen-bond acceptors (Lipinski definition) is 4. The van der Waals surface area contributed by atoms with E-state index in [1.54, 1.807) is 6.92 Å². The van der Waals surface area contributed by atoms with Crippen molar-refractivity contribution in [2.45, 2.75) is 65.0 Å². The molecule has 2 amide bonds. The topological polar surface area (TPSA) is 105 Å². The first-order chi connectivity index (χ1) is 16.6. The van der Waals surface area contributed by atoms with Gasteiger partial charge in [0.2, 0.25) is 5.91 Å². The Morgan fingerprint density at radius 2 is 1.54 bits per heavy atom. The summed E-state index contributed by atoms with van der Waals surface area (Å²) in [4.78, 5) is 37.6. The zero-order valence-corrected chi connectivity index (χ0v) is 21.1. The molecule has 7 nitrogen and oxygen atoms in total. The molecular formula is C28H36N2O5.